The van der Waals surface area contributed by atoms with Gasteiger partial charge in [0.25, 0.3) is 5.60 Å². The third kappa shape index (κ3) is 7.49. The van der Waals surface area contributed by atoms with Gasteiger partial charge in [-0.2, -0.15) is 13.2 Å². The molecule has 3 rings (SSSR count). The number of benzene rings is 2. The average molecular weight is 649 g/mol. The van der Waals surface area contributed by atoms with E-state index in [-0.39, 0.29) is 17.9 Å². The molecule has 1 aliphatic heterocycles. The molecule has 1 saturated heterocycles. The van der Waals surface area contributed by atoms with Crippen molar-refractivity contribution in [3.05, 3.63) is 71.8 Å². The predicted molar refractivity (Wildman–Crippen MR) is 160 cm³/mol. The average Bonchev–Trinajstić information content (AvgIpc) is 3.01. The minimum Gasteiger partial charge on any atom is -0.452 e. The van der Waals surface area contributed by atoms with Gasteiger partial charge in [-0.1, -0.05) is 74.5 Å². The number of ether oxygens (including phenoxy) is 2. The minimum absolute atomic E-state index is 0.0736. The molecule has 250 valence electrons. The largest absolute Gasteiger partial charge is 0.452 e. The van der Waals surface area contributed by atoms with Crippen molar-refractivity contribution in [2.45, 2.75) is 63.2 Å². The lowest BCUT2D eigenvalue weighted by Crippen LogP contribution is -2.61. The summed E-state index contributed by atoms with van der Waals surface area (Å²) in [6, 6.07) is 9.62. The van der Waals surface area contributed by atoms with Gasteiger partial charge in [0.15, 0.2) is 12.1 Å². The van der Waals surface area contributed by atoms with Crippen molar-refractivity contribution in [2.24, 2.45) is 5.92 Å². The van der Waals surface area contributed by atoms with Gasteiger partial charge in [0.05, 0.1) is 6.54 Å². The minimum atomic E-state index is -5.32. The fourth-order valence-electron chi connectivity index (χ4n) is 5.21. The molecule has 11 nitrogen and oxygen atoms in total. The Morgan fingerprint density at radius 3 is 2.02 bits per heavy atom. The van der Waals surface area contributed by atoms with Crippen molar-refractivity contribution in [2.75, 3.05) is 27.7 Å². The number of nitrogens with one attached hydrogen (secondary N) is 2. The predicted octanol–water partition coefficient (Wildman–Crippen LogP) is 2.71. The number of alkyl halides is 3. The number of hydrogen-bond donors (Lipinski definition) is 2. The molecule has 0 saturated carbocycles. The molecule has 1 aliphatic rings. The monoisotopic (exact) mass is 648 g/mol. The van der Waals surface area contributed by atoms with Crippen LogP contribution in [0, 0.1) is 5.92 Å². The lowest BCUT2D eigenvalue weighted by molar-refractivity contribution is -0.279. The topological polar surface area (TPSA) is 134 Å². The molecular weight excluding hydrogens is 609 g/mol. The second-order valence-electron chi connectivity index (χ2n) is 11.5. The van der Waals surface area contributed by atoms with Gasteiger partial charge in [0, 0.05) is 26.8 Å². The van der Waals surface area contributed by atoms with Crippen LogP contribution < -0.4 is 10.6 Å². The first kappa shape index (κ1) is 36.0. The SMILES string of the molecule is CO[C@](C(=O)O[C@@H](c1ccccc1)[C@H]1C(=O)NCC(=O)N(C)[C@@H](C)C(=O)N[C@@H](CC(C)C)C(=O)N1C)(c1ccccc1)C(F)(F)F. The molecule has 0 radical (unpaired) electrons. The smallest absolute Gasteiger partial charge is 0.432 e. The van der Waals surface area contributed by atoms with Crippen molar-refractivity contribution in [1.82, 2.24) is 20.4 Å². The molecule has 46 heavy (non-hydrogen) atoms. The first-order chi connectivity index (χ1) is 21.6. The lowest BCUT2D eigenvalue weighted by Gasteiger charge is -2.39. The van der Waals surface area contributed by atoms with Crippen molar-refractivity contribution in [3.63, 3.8) is 0 Å². The highest BCUT2D eigenvalue weighted by atomic mass is 19.4. The fraction of sp³-hybridized carbons (Fsp3) is 0.469. The Morgan fingerprint density at radius 1 is 0.935 bits per heavy atom. The van der Waals surface area contributed by atoms with Gasteiger partial charge in [-0.3, -0.25) is 19.2 Å². The highest BCUT2D eigenvalue weighted by Gasteiger charge is 2.64. The van der Waals surface area contributed by atoms with E-state index in [9.17, 15) is 37.1 Å². The molecule has 4 amide bonds. The van der Waals surface area contributed by atoms with E-state index in [1.54, 1.807) is 19.9 Å². The van der Waals surface area contributed by atoms with E-state index >= 15 is 0 Å². The number of halogens is 3. The molecule has 2 aromatic carbocycles. The van der Waals surface area contributed by atoms with Crippen LogP contribution in [0.1, 0.15) is 44.4 Å². The molecule has 2 aromatic rings. The van der Waals surface area contributed by atoms with E-state index in [0.29, 0.717) is 7.11 Å². The van der Waals surface area contributed by atoms with Crippen LogP contribution >= 0.6 is 0 Å². The van der Waals surface area contributed by atoms with Gasteiger partial charge in [-0.25, -0.2) is 4.79 Å². The molecule has 0 unspecified atom stereocenters. The maximum atomic E-state index is 14.8. The summed E-state index contributed by atoms with van der Waals surface area (Å²) in [5.74, 6) is -5.05. The zero-order valence-electron chi connectivity index (χ0n) is 26.5. The number of rotatable bonds is 8. The maximum Gasteiger partial charge on any atom is 0.432 e. The van der Waals surface area contributed by atoms with Crippen LogP contribution in [0.4, 0.5) is 13.2 Å². The summed E-state index contributed by atoms with van der Waals surface area (Å²) >= 11 is 0. The number of hydrogen-bond acceptors (Lipinski definition) is 7. The summed E-state index contributed by atoms with van der Waals surface area (Å²) in [7, 11) is 3.27. The molecule has 14 heteroatoms. The number of nitrogens with zero attached hydrogens (tertiary/aromatic N) is 2. The van der Waals surface area contributed by atoms with Crippen molar-refractivity contribution < 1.29 is 46.6 Å². The zero-order chi connectivity index (χ0) is 34.4. The molecular formula is C32H39F3N4O7. The summed E-state index contributed by atoms with van der Waals surface area (Å²) in [6.07, 6.45) is -7.02. The highest BCUT2D eigenvalue weighted by molar-refractivity contribution is 5.97. The number of esters is 1. The third-order valence-electron chi connectivity index (χ3n) is 7.94. The number of likely N-dealkylation sites (N-methyl/N-ethyl adjacent to an activating group) is 2. The van der Waals surface area contributed by atoms with Crippen molar-refractivity contribution >= 4 is 29.6 Å². The maximum absolute atomic E-state index is 14.8. The van der Waals surface area contributed by atoms with Crippen LogP contribution in [0.5, 0.6) is 0 Å². The molecule has 0 aromatic heterocycles. The normalized spacial score (nSPS) is 22.3. The van der Waals surface area contributed by atoms with Gasteiger partial charge >= 0.3 is 12.1 Å². The molecule has 2 N–H and O–H groups in total. The van der Waals surface area contributed by atoms with E-state index in [0.717, 1.165) is 21.9 Å². The van der Waals surface area contributed by atoms with Gasteiger partial charge in [-0.15, -0.1) is 0 Å². The van der Waals surface area contributed by atoms with Crippen LogP contribution in [0.15, 0.2) is 60.7 Å². The van der Waals surface area contributed by atoms with Gasteiger partial charge < -0.3 is 29.9 Å². The highest BCUT2D eigenvalue weighted by Crippen LogP contribution is 2.44. The first-order valence-electron chi connectivity index (χ1n) is 14.6. The summed E-state index contributed by atoms with van der Waals surface area (Å²) in [6.45, 7) is 4.45. The number of amides is 4. The first-order valence-corrected chi connectivity index (χ1v) is 14.6. The Morgan fingerprint density at radius 2 is 1.50 bits per heavy atom. The molecule has 0 aliphatic carbocycles. The van der Waals surface area contributed by atoms with Gasteiger partial charge in [-0.05, 0) is 24.8 Å². The zero-order valence-corrected chi connectivity index (χ0v) is 26.5. The van der Waals surface area contributed by atoms with Crippen LogP contribution in [-0.4, -0.2) is 91.4 Å². The van der Waals surface area contributed by atoms with Crippen molar-refractivity contribution in [3.8, 4) is 0 Å². The Hall–Kier alpha value is -4.46. The number of carbonyl (C=O) groups excluding carboxylic acids is 5. The second kappa shape index (κ2) is 14.8. The van der Waals surface area contributed by atoms with E-state index in [2.05, 4.69) is 10.6 Å². The van der Waals surface area contributed by atoms with Crippen LogP contribution in [0.3, 0.4) is 0 Å². The quantitative estimate of drug-likeness (QED) is 0.421. The van der Waals surface area contributed by atoms with Crippen molar-refractivity contribution in [1.29, 1.82) is 0 Å². The lowest BCUT2D eigenvalue weighted by atomic mass is 9.92. The molecule has 1 fully saturated rings. The summed E-state index contributed by atoms with van der Waals surface area (Å²) in [4.78, 5) is 69.7. The van der Waals surface area contributed by atoms with Gasteiger partial charge in [0.1, 0.15) is 12.1 Å². The van der Waals surface area contributed by atoms with E-state index in [4.69, 9.17) is 9.47 Å². The third-order valence-corrected chi connectivity index (χ3v) is 7.94. The number of methoxy groups -OCH3 is 1. The summed E-state index contributed by atoms with van der Waals surface area (Å²) in [5, 5.41) is 5.05. The van der Waals surface area contributed by atoms with Crippen LogP contribution in [0.25, 0.3) is 0 Å². The Balaban J connectivity index is 2.21. The summed E-state index contributed by atoms with van der Waals surface area (Å²) in [5.41, 5.74) is -4.10. The Bertz CT molecular complexity index is 1410. The Labute approximate surface area is 265 Å². The Kier molecular flexibility index (Phi) is 11.6. The van der Waals surface area contributed by atoms with E-state index < -0.39 is 77.7 Å². The number of carbonyl (C=O) groups is 5. The molecule has 0 bridgehead atoms. The van der Waals surface area contributed by atoms with E-state index in [1.807, 2.05) is 0 Å². The van der Waals surface area contributed by atoms with Gasteiger partial charge in [0.2, 0.25) is 23.6 Å². The standard InChI is InChI=1S/C32H39F3N4O7/c1-19(2)17-23-29(43)39(5)25(28(42)36-18-24(40)38(4)20(3)27(41)37-23)26(21-13-9-7-10-14-21)46-30(44)31(45-6,32(33,34)35)22-15-11-8-12-16-22/h7-16,19-20,23,25-26H,17-18H2,1-6H3,(H,36,42)(H,37,41)/t20-,23-,25-,26-,31-/m0/s1. The molecule has 1 heterocycles. The molecule has 0 spiro atoms. The van der Waals surface area contributed by atoms with E-state index in [1.165, 1.54) is 63.5 Å². The van der Waals surface area contributed by atoms with Crippen LogP contribution in [0.2, 0.25) is 0 Å². The summed E-state index contributed by atoms with van der Waals surface area (Å²) < 4.78 is 54.9. The fourth-order valence-corrected chi connectivity index (χ4v) is 5.21. The molecule has 5 atom stereocenters. The van der Waals surface area contributed by atoms with Crippen LogP contribution in [-0.2, 0) is 39.0 Å². The second-order valence-corrected chi connectivity index (χ2v) is 11.5.